The molecule has 0 atom stereocenters. The second-order valence-electron chi connectivity index (χ2n) is 1.40. The first-order valence-electron chi connectivity index (χ1n) is 2.29. The molecule has 1 radical (unpaired) electrons. The van der Waals surface area contributed by atoms with Crippen molar-refractivity contribution in [1.82, 2.24) is 0 Å². The minimum atomic E-state index is 0. The summed E-state index contributed by atoms with van der Waals surface area (Å²) >= 11 is 0. The van der Waals surface area contributed by atoms with E-state index < -0.39 is 0 Å². The summed E-state index contributed by atoms with van der Waals surface area (Å²) in [5, 5.41) is 8.27. The molecule has 0 aliphatic heterocycles. The molecule has 0 amide bonds. The van der Waals surface area contributed by atoms with Crippen LogP contribution in [0.2, 0.25) is 0 Å². The van der Waals surface area contributed by atoms with E-state index in [0.717, 1.165) is 0 Å². The van der Waals surface area contributed by atoms with Crippen molar-refractivity contribution in [2.75, 3.05) is 0 Å². The molecule has 0 unspecified atom stereocenters. The van der Waals surface area contributed by atoms with Gasteiger partial charge < -0.3 is 0 Å². The Kier molecular flexibility index (Phi) is 4.11. The lowest BCUT2D eigenvalue weighted by molar-refractivity contribution is 1.48. The van der Waals surface area contributed by atoms with Gasteiger partial charge in [-0.25, -0.2) is 0 Å². The smallest absolute Gasteiger partial charge is 0.192 e. The predicted octanol–water partition coefficient (Wildman–Crippen LogP) is 0.442. The molecule has 1 nitrogen and oxygen atoms in total. The molecule has 0 aromatic heterocycles. The Bertz CT molecular complexity index is 200. The number of benzene rings is 1. The third-order valence-corrected chi connectivity index (χ3v) is 0.847. The molecule has 41 valence electrons. The Hall–Kier alpha value is -0.524. The second-order valence-corrected chi connectivity index (χ2v) is 1.40. The summed E-state index contributed by atoms with van der Waals surface area (Å²) in [6.45, 7) is 0. The number of hydrogen-bond donors (Lipinski definition) is 0. The van der Waals surface area contributed by atoms with E-state index in [9.17, 15) is 0 Å². The van der Waals surface area contributed by atoms with E-state index in [4.69, 9.17) is 5.26 Å². The molecule has 1 rings (SSSR count). The molecule has 1 aromatic rings. The van der Waals surface area contributed by atoms with E-state index in [1.807, 2.05) is 6.07 Å². The van der Waals surface area contributed by atoms with Crippen LogP contribution in [-0.2, 0) is 0 Å². The van der Waals surface area contributed by atoms with Crippen molar-refractivity contribution in [3.63, 3.8) is 0 Å². The molecule has 0 N–H and O–H groups in total. The Labute approximate surface area is 70.5 Å². The highest BCUT2D eigenvalue weighted by atomic mass is 24.3. The van der Waals surface area contributed by atoms with Crippen molar-refractivity contribution in [1.29, 1.82) is 5.26 Å². The maximum Gasteiger partial charge on any atom is 0.316 e. The van der Waals surface area contributed by atoms with E-state index in [0.29, 0.717) is 5.56 Å². The second kappa shape index (κ2) is 4.36. The fraction of sp³-hybridized carbons (Fsp3) is 0. The molecule has 9 heavy (non-hydrogen) atoms. The molecule has 0 saturated carbocycles. The van der Waals surface area contributed by atoms with Crippen molar-refractivity contribution in [3.8, 4) is 6.07 Å². The highest BCUT2D eigenvalue weighted by Crippen LogP contribution is 1.92. The molecule has 1 aromatic carbocycles. The van der Waals surface area contributed by atoms with Crippen LogP contribution < -0.4 is 0 Å². The normalized spacial score (nSPS) is 7.00. The van der Waals surface area contributed by atoms with Crippen LogP contribution in [0.15, 0.2) is 24.3 Å². The molecular weight excluding hydrogens is 122 g/mol. The quantitative estimate of drug-likeness (QED) is 0.465. The summed E-state index contributed by atoms with van der Waals surface area (Å²) < 4.78 is 0. The molecule has 0 heterocycles. The van der Waals surface area contributed by atoms with E-state index in [-0.39, 0.29) is 23.1 Å². The summed E-state index contributed by atoms with van der Waals surface area (Å²) in [4.78, 5) is 0. The highest BCUT2D eigenvalue weighted by Gasteiger charge is 1.79. The average molecular weight is 128 g/mol. The molecule has 0 aliphatic carbocycles. The van der Waals surface area contributed by atoms with E-state index >= 15 is 0 Å². The van der Waals surface area contributed by atoms with E-state index in [1.165, 1.54) is 0 Å². The number of nitriles is 1. The van der Waals surface area contributed by atoms with Gasteiger partial charge in [-0.05, 0) is 18.2 Å². The monoisotopic (exact) mass is 128 g/mol. The van der Waals surface area contributed by atoms with Gasteiger partial charge in [-0.2, -0.15) is 5.26 Å². The first-order valence-corrected chi connectivity index (χ1v) is 2.29. The van der Waals surface area contributed by atoms with Gasteiger partial charge in [0.15, 0.2) is 0 Å². The fourth-order valence-corrected chi connectivity index (χ4v) is 0.461. The van der Waals surface area contributed by atoms with E-state index in [1.54, 1.807) is 24.3 Å². The fourth-order valence-electron chi connectivity index (χ4n) is 0.461. The topological polar surface area (TPSA) is 23.8 Å². The minimum Gasteiger partial charge on any atom is -0.192 e. The summed E-state index contributed by atoms with van der Waals surface area (Å²) in [5.41, 5.74) is 0.684. The molecule has 0 saturated heterocycles. The largest absolute Gasteiger partial charge is 0.316 e. The summed E-state index contributed by atoms with van der Waals surface area (Å²) in [6.07, 6.45) is 0. The van der Waals surface area contributed by atoms with Gasteiger partial charge in [0, 0.05) is 0 Å². The maximum absolute atomic E-state index is 8.27. The molecular formula is C7H6MgN. The SMILES string of the molecule is N#Cc1cc[c]cc1.[MgH2]. The van der Waals surface area contributed by atoms with Crippen LogP contribution in [0.3, 0.4) is 0 Å². The average Bonchev–Trinajstić information content (AvgIpc) is 1.90. The van der Waals surface area contributed by atoms with Crippen molar-refractivity contribution >= 4 is 23.1 Å². The molecule has 0 aliphatic rings. The number of hydrogen-bond acceptors (Lipinski definition) is 1. The van der Waals surface area contributed by atoms with Crippen molar-refractivity contribution < 1.29 is 0 Å². The zero-order valence-corrected chi connectivity index (χ0v) is 4.26. The lowest BCUT2D eigenvalue weighted by Gasteiger charge is -1.79. The standard InChI is InChI=1S/C7H4N.Mg.2H/c8-6-7-4-2-1-3-5-7;;;/h2-5H;;;. The first kappa shape index (κ1) is 8.48. The van der Waals surface area contributed by atoms with Crippen LogP contribution in [0.4, 0.5) is 0 Å². The van der Waals surface area contributed by atoms with E-state index in [2.05, 4.69) is 6.07 Å². The molecule has 0 bridgehead atoms. The van der Waals surface area contributed by atoms with Gasteiger partial charge in [-0.3, -0.25) is 0 Å². The van der Waals surface area contributed by atoms with Gasteiger partial charge in [0.25, 0.3) is 0 Å². The van der Waals surface area contributed by atoms with Crippen LogP contribution in [0.1, 0.15) is 5.56 Å². The van der Waals surface area contributed by atoms with Crippen molar-refractivity contribution in [2.45, 2.75) is 0 Å². The van der Waals surface area contributed by atoms with Crippen LogP contribution >= 0.6 is 0 Å². The maximum atomic E-state index is 8.27. The predicted molar refractivity (Wildman–Crippen MR) is 38.5 cm³/mol. The van der Waals surface area contributed by atoms with Crippen LogP contribution in [0, 0.1) is 17.4 Å². The van der Waals surface area contributed by atoms with Crippen molar-refractivity contribution in [3.05, 3.63) is 35.9 Å². The molecule has 0 fully saturated rings. The first-order chi connectivity index (χ1) is 3.93. The summed E-state index contributed by atoms with van der Waals surface area (Å²) in [5.74, 6) is 0. The molecule has 2 heteroatoms. The van der Waals surface area contributed by atoms with Gasteiger partial charge >= 0.3 is 23.1 Å². The van der Waals surface area contributed by atoms with Gasteiger partial charge in [0.05, 0.1) is 11.6 Å². The number of nitrogens with zero attached hydrogens (tertiary/aromatic N) is 1. The lowest BCUT2D eigenvalue weighted by Crippen LogP contribution is -1.66. The minimum absolute atomic E-state index is 0. The summed E-state index contributed by atoms with van der Waals surface area (Å²) in [6, 6.07) is 11.7. The third kappa shape index (κ3) is 2.50. The molecule has 0 spiro atoms. The van der Waals surface area contributed by atoms with Gasteiger partial charge in [-0.15, -0.1) is 0 Å². The highest BCUT2D eigenvalue weighted by molar-refractivity contribution is 5.75. The van der Waals surface area contributed by atoms with Crippen LogP contribution in [-0.4, -0.2) is 23.1 Å². The zero-order chi connectivity index (χ0) is 5.82. The van der Waals surface area contributed by atoms with Crippen molar-refractivity contribution in [2.24, 2.45) is 0 Å². The lowest BCUT2D eigenvalue weighted by atomic mass is 10.2. The Morgan fingerprint density at radius 2 is 1.89 bits per heavy atom. The van der Waals surface area contributed by atoms with Gasteiger partial charge in [0.2, 0.25) is 0 Å². The summed E-state index contributed by atoms with van der Waals surface area (Å²) in [7, 11) is 0. The van der Waals surface area contributed by atoms with Gasteiger partial charge in [-0.1, -0.05) is 12.1 Å². The Morgan fingerprint density at radius 3 is 2.22 bits per heavy atom. The van der Waals surface area contributed by atoms with Crippen LogP contribution in [0.5, 0.6) is 0 Å². The zero-order valence-electron chi connectivity index (χ0n) is 4.26. The Morgan fingerprint density at radius 1 is 1.33 bits per heavy atom. The third-order valence-electron chi connectivity index (χ3n) is 0.847. The number of rotatable bonds is 0. The Balaban J connectivity index is 0.000000640. The van der Waals surface area contributed by atoms with Gasteiger partial charge in [0.1, 0.15) is 0 Å². The van der Waals surface area contributed by atoms with Crippen LogP contribution in [0.25, 0.3) is 0 Å².